The number of hydrogen-bond acceptors (Lipinski definition) is 4. The molecule has 7 heteroatoms. The van der Waals surface area contributed by atoms with Crippen LogP contribution >= 0.6 is 11.3 Å². The molecule has 1 saturated carbocycles. The van der Waals surface area contributed by atoms with Crippen LogP contribution in [0.5, 0.6) is 0 Å². The van der Waals surface area contributed by atoms with Gasteiger partial charge in [0.15, 0.2) is 0 Å². The summed E-state index contributed by atoms with van der Waals surface area (Å²) in [6.45, 7) is 3.08. The van der Waals surface area contributed by atoms with Gasteiger partial charge in [-0.25, -0.2) is 9.18 Å². The fourth-order valence-electron chi connectivity index (χ4n) is 4.70. The number of benzene rings is 1. The van der Waals surface area contributed by atoms with Gasteiger partial charge in [0.25, 0.3) is 5.56 Å². The van der Waals surface area contributed by atoms with E-state index in [0.717, 1.165) is 19.5 Å². The molecule has 2 aromatic heterocycles. The molecule has 27 heavy (non-hydrogen) atoms. The SMILES string of the molecule is O=c1[nH]c2sccc2c(=O)n1CCN1CC2CC(c3ccc(F)cc3)C2C1. The van der Waals surface area contributed by atoms with Crippen LogP contribution in [-0.2, 0) is 6.54 Å². The molecule has 1 N–H and O–H groups in total. The summed E-state index contributed by atoms with van der Waals surface area (Å²) in [7, 11) is 0. The Bertz CT molecular complexity index is 1100. The first-order valence-electron chi connectivity index (χ1n) is 9.28. The second kappa shape index (κ2) is 6.42. The molecule has 3 heterocycles. The van der Waals surface area contributed by atoms with Gasteiger partial charge in [-0.3, -0.25) is 14.3 Å². The highest BCUT2D eigenvalue weighted by molar-refractivity contribution is 7.16. The van der Waals surface area contributed by atoms with Gasteiger partial charge < -0.3 is 4.90 Å². The lowest BCUT2D eigenvalue weighted by Gasteiger charge is -2.40. The summed E-state index contributed by atoms with van der Waals surface area (Å²) in [6.07, 6.45) is 1.13. The Hall–Kier alpha value is -2.25. The molecule has 1 aromatic carbocycles. The first-order valence-corrected chi connectivity index (χ1v) is 10.2. The highest BCUT2D eigenvalue weighted by atomic mass is 32.1. The Kier molecular flexibility index (Phi) is 4.02. The van der Waals surface area contributed by atoms with Crippen LogP contribution in [0.2, 0.25) is 0 Å². The van der Waals surface area contributed by atoms with Crippen LogP contribution in [0.3, 0.4) is 0 Å². The Labute approximate surface area is 159 Å². The van der Waals surface area contributed by atoms with Crippen molar-refractivity contribution in [1.29, 1.82) is 0 Å². The van der Waals surface area contributed by atoms with Crippen LogP contribution in [0.1, 0.15) is 17.9 Å². The molecule has 1 aliphatic carbocycles. The number of H-pyrrole nitrogens is 1. The quantitative estimate of drug-likeness (QED) is 0.751. The molecule has 3 aromatic rings. The predicted molar refractivity (Wildman–Crippen MR) is 104 cm³/mol. The standard InChI is InChI=1S/C20H20FN3O2S/c21-14-3-1-12(2-4-14)16-9-13-10-23(11-17(13)16)6-7-24-19(25)15-5-8-27-18(15)22-20(24)26/h1-5,8,13,16-17H,6-7,9-11H2,(H,22,26). The number of hydrogen-bond donors (Lipinski definition) is 1. The Morgan fingerprint density at radius 2 is 1.93 bits per heavy atom. The van der Waals surface area contributed by atoms with Crippen molar-refractivity contribution in [3.63, 3.8) is 0 Å². The van der Waals surface area contributed by atoms with E-state index in [0.29, 0.717) is 41.1 Å². The van der Waals surface area contributed by atoms with Gasteiger partial charge in [-0.15, -0.1) is 11.3 Å². The van der Waals surface area contributed by atoms with E-state index in [9.17, 15) is 14.0 Å². The molecule has 3 atom stereocenters. The largest absolute Gasteiger partial charge is 0.329 e. The van der Waals surface area contributed by atoms with Crippen molar-refractivity contribution in [2.45, 2.75) is 18.9 Å². The third-order valence-corrected chi connectivity index (χ3v) is 7.01. The molecular formula is C20H20FN3O2S. The van der Waals surface area contributed by atoms with E-state index in [1.165, 1.54) is 33.6 Å². The van der Waals surface area contributed by atoms with Crippen LogP contribution in [0.15, 0.2) is 45.3 Å². The van der Waals surface area contributed by atoms with Gasteiger partial charge >= 0.3 is 5.69 Å². The van der Waals surface area contributed by atoms with Crippen molar-refractivity contribution in [2.75, 3.05) is 19.6 Å². The number of likely N-dealkylation sites (tertiary alicyclic amines) is 1. The second-order valence-electron chi connectivity index (χ2n) is 7.63. The fourth-order valence-corrected chi connectivity index (χ4v) is 5.46. The summed E-state index contributed by atoms with van der Waals surface area (Å²) in [5, 5.41) is 2.40. The van der Waals surface area contributed by atoms with Gasteiger partial charge in [0.2, 0.25) is 0 Å². The van der Waals surface area contributed by atoms with Crippen molar-refractivity contribution in [2.24, 2.45) is 11.8 Å². The highest BCUT2D eigenvalue weighted by Gasteiger charge is 2.47. The number of nitrogens with zero attached hydrogens (tertiary/aromatic N) is 2. The number of aromatic amines is 1. The summed E-state index contributed by atoms with van der Waals surface area (Å²) in [5.41, 5.74) is 0.678. The molecule has 2 aliphatic rings. The van der Waals surface area contributed by atoms with Gasteiger partial charge in [0.1, 0.15) is 10.6 Å². The number of nitrogens with one attached hydrogen (secondary N) is 1. The van der Waals surface area contributed by atoms with Gasteiger partial charge in [-0.2, -0.15) is 0 Å². The maximum absolute atomic E-state index is 13.1. The summed E-state index contributed by atoms with van der Waals surface area (Å²) >= 11 is 1.37. The van der Waals surface area contributed by atoms with E-state index < -0.39 is 0 Å². The van der Waals surface area contributed by atoms with E-state index in [1.807, 2.05) is 17.5 Å². The van der Waals surface area contributed by atoms with Crippen molar-refractivity contribution in [3.05, 3.63) is 67.9 Å². The molecular weight excluding hydrogens is 365 g/mol. The molecule has 140 valence electrons. The number of halogens is 1. The topological polar surface area (TPSA) is 58.1 Å². The lowest BCUT2D eigenvalue weighted by molar-refractivity contribution is 0.191. The average molecular weight is 385 g/mol. The zero-order chi connectivity index (χ0) is 18.5. The highest BCUT2D eigenvalue weighted by Crippen LogP contribution is 2.51. The van der Waals surface area contributed by atoms with E-state index in [2.05, 4.69) is 9.88 Å². The Balaban J connectivity index is 1.27. The first-order chi connectivity index (χ1) is 13.1. The minimum absolute atomic E-state index is 0.194. The van der Waals surface area contributed by atoms with Crippen molar-refractivity contribution < 1.29 is 4.39 Å². The van der Waals surface area contributed by atoms with Crippen LogP contribution in [0.4, 0.5) is 4.39 Å². The van der Waals surface area contributed by atoms with Gasteiger partial charge in [-0.05, 0) is 53.3 Å². The maximum Gasteiger partial charge on any atom is 0.329 e. The molecule has 2 fully saturated rings. The minimum Gasteiger partial charge on any atom is -0.301 e. The van der Waals surface area contributed by atoms with Gasteiger partial charge in [0, 0.05) is 26.2 Å². The number of aromatic nitrogens is 2. The zero-order valence-electron chi connectivity index (χ0n) is 14.7. The monoisotopic (exact) mass is 385 g/mol. The summed E-state index contributed by atoms with van der Waals surface area (Å²) in [4.78, 5) is 30.5. The van der Waals surface area contributed by atoms with Crippen molar-refractivity contribution in [3.8, 4) is 0 Å². The third kappa shape index (κ3) is 2.85. The van der Waals surface area contributed by atoms with Crippen molar-refractivity contribution in [1.82, 2.24) is 14.5 Å². The maximum atomic E-state index is 13.1. The molecule has 0 bridgehead atoms. The molecule has 0 radical (unpaired) electrons. The van der Waals surface area contributed by atoms with E-state index >= 15 is 0 Å². The Morgan fingerprint density at radius 1 is 1.11 bits per heavy atom. The lowest BCUT2D eigenvalue weighted by Crippen LogP contribution is -2.38. The second-order valence-corrected chi connectivity index (χ2v) is 8.54. The normalized spacial score (nSPS) is 24.9. The summed E-state index contributed by atoms with van der Waals surface area (Å²) in [5.74, 6) is 1.55. The van der Waals surface area contributed by atoms with E-state index in [4.69, 9.17) is 0 Å². The molecule has 3 unspecified atom stereocenters. The molecule has 1 aliphatic heterocycles. The third-order valence-electron chi connectivity index (χ3n) is 6.19. The molecule has 5 nitrogen and oxygen atoms in total. The predicted octanol–water partition coefficient (Wildman–Crippen LogP) is 2.63. The number of fused-ring (bicyclic) bond motifs is 2. The minimum atomic E-state index is -0.332. The smallest absolute Gasteiger partial charge is 0.301 e. The number of thiophene rings is 1. The van der Waals surface area contributed by atoms with E-state index in [-0.39, 0.29) is 17.1 Å². The van der Waals surface area contributed by atoms with E-state index in [1.54, 1.807) is 6.07 Å². The lowest BCUT2D eigenvalue weighted by atomic mass is 9.64. The molecule has 1 saturated heterocycles. The molecule has 0 spiro atoms. The van der Waals surface area contributed by atoms with Gasteiger partial charge in [-0.1, -0.05) is 12.1 Å². The summed E-state index contributed by atoms with van der Waals surface area (Å²) < 4.78 is 14.5. The van der Waals surface area contributed by atoms with Crippen LogP contribution in [-0.4, -0.2) is 34.1 Å². The van der Waals surface area contributed by atoms with Crippen LogP contribution in [0, 0.1) is 17.7 Å². The molecule has 5 rings (SSSR count). The number of rotatable bonds is 4. The average Bonchev–Trinajstić information content (AvgIpc) is 3.22. The fraction of sp³-hybridized carbons (Fsp3) is 0.400. The van der Waals surface area contributed by atoms with Crippen molar-refractivity contribution >= 4 is 21.6 Å². The van der Waals surface area contributed by atoms with Crippen LogP contribution < -0.4 is 11.2 Å². The first kappa shape index (κ1) is 16.9. The zero-order valence-corrected chi connectivity index (χ0v) is 15.5. The van der Waals surface area contributed by atoms with Gasteiger partial charge in [0.05, 0.1) is 5.39 Å². The Morgan fingerprint density at radius 3 is 2.74 bits per heavy atom. The molecule has 0 amide bonds. The van der Waals surface area contributed by atoms with Crippen LogP contribution in [0.25, 0.3) is 10.2 Å². The summed E-state index contributed by atoms with van der Waals surface area (Å²) in [6, 6.07) is 8.63.